The smallest absolute Gasteiger partial charge is 0.0707 e. The lowest BCUT2D eigenvalue weighted by atomic mass is 9.84. The topological polar surface area (TPSA) is 20.2 Å². The van der Waals surface area contributed by atoms with Crippen molar-refractivity contribution in [2.75, 3.05) is 4.90 Å². The van der Waals surface area contributed by atoms with Crippen LogP contribution < -0.4 is 10.2 Å². The number of benzene rings is 8. The largest absolute Gasteiger partial charge is 0.374 e. The number of hydrogen-bond donors (Lipinski definition) is 1. The third kappa shape index (κ3) is 6.43. The Morgan fingerprint density at radius 3 is 1.65 bits per heavy atom. The van der Waals surface area contributed by atoms with Gasteiger partial charge >= 0.3 is 0 Å². The second-order valence-corrected chi connectivity index (χ2v) is 15.4. The summed E-state index contributed by atoms with van der Waals surface area (Å²) in [6, 6.07) is 76.1. The first kappa shape index (κ1) is 35.3. The molecule has 1 N–H and O–H groups in total. The van der Waals surface area contributed by atoms with Gasteiger partial charge in [-0.1, -0.05) is 158 Å². The predicted molar refractivity (Wildman–Crippen MR) is 253 cm³/mol. The molecule has 0 bridgehead atoms. The Balaban J connectivity index is 0.947. The highest BCUT2D eigenvalue weighted by atomic mass is 15.1. The Labute approximate surface area is 350 Å². The third-order valence-electron chi connectivity index (χ3n) is 11.8. The van der Waals surface area contributed by atoms with Gasteiger partial charge < -0.3 is 14.8 Å². The molecule has 11 rings (SSSR count). The maximum atomic E-state index is 3.92. The SMILES string of the molecule is C1=CC2NC(c3cccc(-c4ccc(N(c5ccccc5)c5ccccc5)cc4)c3)=CC(c3ccccc3)=C2C=C1c1cccc(-n2c3ccccc3c3ccccc32)c1. The van der Waals surface area contributed by atoms with Crippen molar-refractivity contribution in [1.82, 2.24) is 9.88 Å². The highest BCUT2D eigenvalue weighted by Gasteiger charge is 2.25. The van der Waals surface area contributed by atoms with Crippen LogP contribution in [0.2, 0.25) is 0 Å². The van der Waals surface area contributed by atoms with E-state index in [4.69, 9.17) is 0 Å². The zero-order chi connectivity index (χ0) is 39.8. The van der Waals surface area contributed by atoms with Crippen LogP contribution in [0, 0.1) is 0 Å². The Morgan fingerprint density at radius 1 is 0.417 bits per heavy atom. The lowest BCUT2D eigenvalue weighted by Crippen LogP contribution is -2.32. The molecule has 60 heavy (non-hydrogen) atoms. The molecule has 0 radical (unpaired) electrons. The highest BCUT2D eigenvalue weighted by Crippen LogP contribution is 2.39. The minimum Gasteiger partial charge on any atom is -0.374 e. The Morgan fingerprint density at radius 2 is 0.967 bits per heavy atom. The number of nitrogens with one attached hydrogen (secondary N) is 1. The fourth-order valence-electron chi connectivity index (χ4n) is 8.93. The van der Waals surface area contributed by atoms with E-state index < -0.39 is 0 Å². The van der Waals surface area contributed by atoms with Crippen molar-refractivity contribution in [3.63, 3.8) is 0 Å². The minimum absolute atomic E-state index is 0.0226. The summed E-state index contributed by atoms with van der Waals surface area (Å²) in [5.74, 6) is 0. The van der Waals surface area contributed by atoms with Gasteiger partial charge in [0.15, 0.2) is 0 Å². The Kier molecular flexibility index (Phi) is 8.90. The van der Waals surface area contributed by atoms with E-state index in [2.05, 4.69) is 251 Å². The van der Waals surface area contributed by atoms with Crippen LogP contribution in [0.5, 0.6) is 0 Å². The number of rotatable bonds is 8. The molecule has 0 spiro atoms. The van der Waals surface area contributed by atoms with Crippen LogP contribution in [-0.2, 0) is 0 Å². The molecule has 2 aliphatic rings. The number of hydrogen-bond acceptors (Lipinski definition) is 2. The van der Waals surface area contributed by atoms with E-state index in [0.29, 0.717) is 0 Å². The summed E-state index contributed by atoms with van der Waals surface area (Å²) in [4.78, 5) is 2.30. The molecule has 8 aromatic carbocycles. The zero-order valence-corrected chi connectivity index (χ0v) is 33.0. The molecule has 1 atom stereocenters. The molecule has 0 saturated heterocycles. The summed E-state index contributed by atoms with van der Waals surface area (Å²) in [7, 11) is 0. The number of aromatic nitrogens is 1. The zero-order valence-electron chi connectivity index (χ0n) is 33.0. The quantitative estimate of drug-likeness (QED) is 0.166. The standard InChI is InChI=1S/C57H41N3/c1-4-16-41(17-5-1)52-39-55(45-20-14-18-42(36-45)40-30-33-48(34-31-40)59(46-21-6-2-7-22-46)47-23-8-3-9-24-47)58-54-35-32-44(38-53(52)54)43-19-15-25-49(37-43)60-56-28-12-10-26-50(56)51-27-11-13-29-57(51)60/h1-39,54,58H. The molecule has 9 aromatic rings. The first-order chi connectivity index (χ1) is 29.7. The summed E-state index contributed by atoms with van der Waals surface area (Å²) in [6.45, 7) is 0. The van der Waals surface area contributed by atoms with Gasteiger partial charge in [-0.3, -0.25) is 0 Å². The van der Waals surface area contributed by atoms with Crippen molar-refractivity contribution in [1.29, 1.82) is 0 Å². The van der Waals surface area contributed by atoms with E-state index in [-0.39, 0.29) is 6.04 Å². The average Bonchev–Trinajstić information content (AvgIpc) is 3.67. The summed E-state index contributed by atoms with van der Waals surface area (Å²) < 4.78 is 2.39. The highest BCUT2D eigenvalue weighted by molar-refractivity contribution is 6.09. The van der Waals surface area contributed by atoms with Gasteiger partial charge in [0, 0.05) is 39.2 Å². The van der Waals surface area contributed by atoms with Gasteiger partial charge in [-0.25, -0.2) is 0 Å². The van der Waals surface area contributed by atoms with Crippen LogP contribution in [0.1, 0.15) is 16.7 Å². The minimum atomic E-state index is 0.0226. The number of nitrogens with zero attached hydrogens (tertiary/aromatic N) is 2. The lowest BCUT2D eigenvalue weighted by Gasteiger charge is -2.31. The molecule has 3 heteroatoms. The van der Waals surface area contributed by atoms with Gasteiger partial charge in [0.1, 0.15) is 0 Å². The number of para-hydroxylation sites is 4. The average molecular weight is 768 g/mol. The number of dihydropyridines is 1. The Hall–Kier alpha value is -7.88. The molecule has 1 aliphatic heterocycles. The molecule has 1 unspecified atom stereocenters. The van der Waals surface area contributed by atoms with Crippen molar-refractivity contribution in [3.8, 4) is 16.8 Å². The van der Waals surface area contributed by atoms with Crippen LogP contribution in [-0.4, -0.2) is 10.6 Å². The second kappa shape index (κ2) is 15.1. The fourth-order valence-corrected chi connectivity index (χ4v) is 8.93. The summed E-state index contributed by atoms with van der Waals surface area (Å²) in [5.41, 5.74) is 17.6. The van der Waals surface area contributed by atoms with E-state index >= 15 is 0 Å². The monoisotopic (exact) mass is 767 g/mol. The molecular weight excluding hydrogens is 727 g/mol. The van der Waals surface area contributed by atoms with Gasteiger partial charge in [0.25, 0.3) is 0 Å². The fraction of sp³-hybridized carbons (Fsp3) is 0.0175. The molecule has 1 aliphatic carbocycles. The maximum absolute atomic E-state index is 3.92. The van der Waals surface area contributed by atoms with Gasteiger partial charge in [0.2, 0.25) is 0 Å². The number of allylic oxidation sites excluding steroid dienone is 4. The van der Waals surface area contributed by atoms with Gasteiger partial charge in [0.05, 0.1) is 17.1 Å². The first-order valence-corrected chi connectivity index (χ1v) is 20.6. The number of fused-ring (bicyclic) bond motifs is 4. The normalized spacial score (nSPS) is 14.7. The van der Waals surface area contributed by atoms with Crippen LogP contribution >= 0.6 is 0 Å². The summed E-state index contributed by atoms with van der Waals surface area (Å²) >= 11 is 0. The maximum Gasteiger partial charge on any atom is 0.0707 e. The summed E-state index contributed by atoms with van der Waals surface area (Å²) in [5, 5.41) is 6.45. The molecule has 1 aromatic heterocycles. The summed E-state index contributed by atoms with van der Waals surface area (Å²) in [6.07, 6.45) is 9.32. The van der Waals surface area contributed by atoms with Gasteiger partial charge in [-0.05, 0) is 123 Å². The molecule has 2 heterocycles. The van der Waals surface area contributed by atoms with E-state index in [1.807, 2.05) is 0 Å². The first-order valence-electron chi connectivity index (χ1n) is 20.6. The van der Waals surface area contributed by atoms with Crippen molar-refractivity contribution in [2.45, 2.75) is 6.04 Å². The van der Waals surface area contributed by atoms with Crippen molar-refractivity contribution in [2.24, 2.45) is 0 Å². The van der Waals surface area contributed by atoms with Gasteiger partial charge in [-0.2, -0.15) is 0 Å². The van der Waals surface area contributed by atoms with Gasteiger partial charge in [-0.15, -0.1) is 0 Å². The molecule has 0 amide bonds. The molecule has 284 valence electrons. The van der Waals surface area contributed by atoms with E-state index in [1.54, 1.807) is 0 Å². The van der Waals surface area contributed by atoms with Crippen LogP contribution in [0.4, 0.5) is 17.1 Å². The number of anilines is 3. The van der Waals surface area contributed by atoms with E-state index in [9.17, 15) is 0 Å². The second-order valence-electron chi connectivity index (χ2n) is 15.4. The molecule has 0 saturated carbocycles. The van der Waals surface area contributed by atoms with Crippen LogP contribution in [0.15, 0.2) is 242 Å². The Bertz CT molecular complexity index is 3060. The van der Waals surface area contributed by atoms with Crippen LogP contribution in [0.25, 0.3) is 55.5 Å². The molecule has 0 fully saturated rings. The van der Waals surface area contributed by atoms with E-state index in [0.717, 1.165) is 34.0 Å². The third-order valence-corrected chi connectivity index (χ3v) is 11.8. The van der Waals surface area contributed by atoms with E-state index in [1.165, 1.54) is 60.8 Å². The van der Waals surface area contributed by atoms with Crippen LogP contribution in [0.3, 0.4) is 0 Å². The van der Waals surface area contributed by atoms with Crippen molar-refractivity contribution in [3.05, 3.63) is 259 Å². The molecule has 3 nitrogen and oxygen atoms in total. The molecular formula is C57H41N3. The van der Waals surface area contributed by atoms with Crippen molar-refractivity contribution >= 4 is 55.7 Å². The lowest BCUT2D eigenvalue weighted by molar-refractivity contribution is 0.818. The predicted octanol–water partition coefficient (Wildman–Crippen LogP) is 14.3. The van der Waals surface area contributed by atoms with Crippen molar-refractivity contribution < 1.29 is 0 Å².